The van der Waals surface area contributed by atoms with Crippen LogP contribution in [0.1, 0.15) is 33.0 Å². The fraction of sp³-hybridized carbons (Fsp3) is 0.250. The summed E-state index contributed by atoms with van der Waals surface area (Å²) in [6, 6.07) is 14.2. The Kier molecular flexibility index (Phi) is 3.22. The molecule has 3 aromatic rings. The normalized spacial score (nSPS) is 12.8. The third-order valence-corrected chi connectivity index (χ3v) is 4.64. The smallest absolute Gasteiger partial charge is 0.254 e. The summed E-state index contributed by atoms with van der Waals surface area (Å²) in [7, 11) is 1.82. The van der Waals surface area contributed by atoms with Crippen molar-refractivity contribution < 1.29 is 9.21 Å². The minimum Gasteiger partial charge on any atom is -0.464 e. The van der Waals surface area contributed by atoms with E-state index in [1.165, 1.54) is 16.5 Å². The van der Waals surface area contributed by atoms with Gasteiger partial charge in [0.25, 0.3) is 5.91 Å². The quantitative estimate of drug-likeness (QED) is 0.729. The number of carbonyl (C=O) groups excluding carboxylic acids is 1. The van der Waals surface area contributed by atoms with E-state index in [1.54, 1.807) is 4.90 Å². The zero-order valence-corrected chi connectivity index (χ0v) is 13.4. The van der Waals surface area contributed by atoms with E-state index < -0.39 is 0 Å². The summed E-state index contributed by atoms with van der Waals surface area (Å²) in [5.41, 5.74) is 3.49. The monoisotopic (exact) mass is 305 g/mol. The van der Waals surface area contributed by atoms with Gasteiger partial charge in [-0.15, -0.1) is 0 Å². The Morgan fingerprint density at radius 1 is 1.09 bits per heavy atom. The van der Waals surface area contributed by atoms with E-state index in [9.17, 15) is 4.79 Å². The maximum Gasteiger partial charge on any atom is 0.254 e. The van der Waals surface area contributed by atoms with Gasteiger partial charge in [-0.05, 0) is 59.9 Å². The van der Waals surface area contributed by atoms with E-state index in [1.807, 2.05) is 32.2 Å². The molecule has 4 rings (SSSR count). The van der Waals surface area contributed by atoms with E-state index in [0.29, 0.717) is 6.54 Å². The molecule has 0 atom stereocenters. The molecule has 0 saturated carbocycles. The van der Waals surface area contributed by atoms with Gasteiger partial charge in [0.1, 0.15) is 11.5 Å². The summed E-state index contributed by atoms with van der Waals surface area (Å²) in [4.78, 5) is 14.6. The van der Waals surface area contributed by atoms with Crippen LogP contribution in [0.25, 0.3) is 10.8 Å². The standard InChI is InChI=1S/C20H19NO2/c1-13-6-10-16(23-13)12-21(2)20(22)18-11-9-15-8-7-14-4-3-5-17(18)19(14)15/h3-6,9-11H,7-8,12H2,1-2H3. The molecule has 1 aromatic heterocycles. The molecule has 0 radical (unpaired) electrons. The van der Waals surface area contributed by atoms with Crippen LogP contribution in [-0.2, 0) is 19.4 Å². The molecule has 0 spiro atoms. The second-order valence-electron chi connectivity index (χ2n) is 6.29. The van der Waals surface area contributed by atoms with Crippen molar-refractivity contribution in [3.8, 4) is 0 Å². The van der Waals surface area contributed by atoms with Gasteiger partial charge in [0.2, 0.25) is 0 Å². The molecule has 3 heteroatoms. The van der Waals surface area contributed by atoms with Crippen molar-refractivity contribution in [3.05, 3.63) is 70.7 Å². The Morgan fingerprint density at radius 3 is 2.61 bits per heavy atom. The van der Waals surface area contributed by atoms with Crippen LogP contribution in [0.15, 0.2) is 46.9 Å². The topological polar surface area (TPSA) is 33.5 Å². The molecule has 116 valence electrons. The number of amides is 1. The number of rotatable bonds is 3. The highest BCUT2D eigenvalue weighted by Gasteiger charge is 2.21. The fourth-order valence-electron chi connectivity index (χ4n) is 3.51. The summed E-state index contributed by atoms with van der Waals surface area (Å²) < 4.78 is 5.58. The first-order chi connectivity index (χ1) is 11.1. The lowest BCUT2D eigenvalue weighted by molar-refractivity contribution is 0.0777. The van der Waals surface area contributed by atoms with E-state index in [0.717, 1.165) is 35.3 Å². The maximum atomic E-state index is 12.9. The molecule has 0 bridgehead atoms. The Morgan fingerprint density at radius 2 is 1.87 bits per heavy atom. The zero-order valence-electron chi connectivity index (χ0n) is 13.4. The molecular formula is C20H19NO2. The van der Waals surface area contributed by atoms with Gasteiger partial charge in [-0.1, -0.05) is 24.3 Å². The number of carbonyl (C=O) groups is 1. The number of aryl methyl sites for hydroxylation is 3. The Hall–Kier alpha value is -2.55. The predicted octanol–water partition coefficient (Wildman–Crippen LogP) is 4.11. The largest absolute Gasteiger partial charge is 0.464 e. The Labute approximate surface area is 135 Å². The summed E-state index contributed by atoms with van der Waals surface area (Å²) in [6.07, 6.45) is 2.15. The first kappa shape index (κ1) is 14.1. The molecule has 1 aliphatic rings. The van der Waals surface area contributed by atoms with Crippen LogP contribution in [0.3, 0.4) is 0 Å². The molecule has 1 heterocycles. The fourth-order valence-corrected chi connectivity index (χ4v) is 3.51. The van der Waals surface area contributed by atoms with E-state index in [-0.39, 0.29) is 5.91 Å². The summed E-state index contributed by atoms with van der Waals surface area (Å²) in [5, 5.41) is 2.35. The lowest BCUT2D eigenvalue weighted by atomic mass is 9.99. The van der Waals surface area contributed by atoms with Crippen LogP contribution >= 0.6 is 0 Å². The van der Waals surface area contributed by atoms with Crippen molar-refractivity contribution in [2.45, 2.75) is 26.3 Å². The molecule has 0 aliphatic heterocycles. The summed E-state index contributed by atoms with van der Waals surface area (Å²) in [5.74, 6) is 1.71. The predicted molar refractivity (Wildman–Crippen MR) is 90.6 cm³/mol. The highest BCUT2D eigenvalue weighted by molar-refractivity contribution is 6.09. The molecule has 0 N–H and O–H groups in total. The third kappa shape index (κ3) is 2.33. The molecule has 0 unspecified atom stereocenters. The summed E-state index contributed by atoms with van der Waals surface area (Å²) in [6.45, 7) is 2.39. The summed E-state index contributed by atoms with van der Waals surface area (Å²) >= 11 is 0. The van der Waals surface area contributed by atoms with E-state index >= 15 is 0 Å². The van der Waals surface area contributed by atoms with Gasteiger partial charge < -0.3 is 9.32 Å². The first-order valence-electron chi connectivity index (χ1n) is 7.98. The van der Waals surface area contributed by atoms with Gasteiger partial charge in [0.05, 0.1) is 6.54 Å². The van der Waals surface area contributed by atoms with Gasteiger partial charge in [0.15, 0.2) is 0 Å². The van der Waals surface area contributed by atoms with Crippen molar-refractivity contribution in [2.75, 3.05) is 7.05 Å². The zero-order chi connectivity index (χ0) is 16.0. The molecular weight excluding hydrogens is 286 g/mol. The van der Waals surface area contributed by atoms with Gasteiger partial charge in [-0.25, -0.2) is 0 Å². The van der Waals surface area contributed by atoms with E-state index in [2.05, 4.69) is 24.3 Å². The van der Waals surface area contributed by atoms with E-state index in [4.69, 9.17) is 4.42 Å². The number of nitrogens with zero attached hydrogens (tertiary/aromatic N) is 1. The van der Waals surface area contributed by atoms with Crippen molar-refractivity contribution in [2.24, 2.45) is 0 Å². The number of furan rings is 1. The number of hydrogen-bond donors (Lipinski definition) is 0. The molecule has 1 amide bonds. The highest BCUT2D eigenvalue weighted by Crippen LogP contribution is 2.33. The number of benzene rings is 2. The van der Waals surface area contributed by atoms with Crippen LogP contribution in [0.5, 0.6) is 0 Å². The maximum absolute atomic E-state index is 12.9. The first-order valence-corrected chi connectivity index (χ1v) is 7.98. The second kappa shape index (κ2) is 5.27. The minimum absolute atomic E-state index is 0.0367. The molecule has 23 heavy (non-hydrogen) atoms. The van der Waals surface area contributed by atoms with Gasteiger partial charge in [-0.3, -0.25) is 4.79 Å². The van der Waals surface area contributed by atoms with Crippen molar-refractivity contribution in [1.29, 1.82) is 0 Å². The average Bonchev–Trinajstić information content (AvgIpc) is 3.15. The molecule has 2 aromatic carbocycles. The highest BCUT2D eigenvalue weighted by atomic mass is 16.3. The molecule has 0 fully saturated rings. The Bertz CT molecular complexity index is 897. The van der Waals surface area contributed by atoms with Gasteiger partial charge in [-0.2, -0.15) is 0 Å². The lowest BCUT2D eigenvalue weighted by Gasteiger charge is -2.17. The van der Waals surface area contributed by atoms with Crippen molar-refractivity contribution in [1.82, 2.24) is 4.90 Å². The molecule has 0 saturated heterocycles. The minimum atomic E-state index is 0.0367. The third-order valence-electron chi connectivity index (χ3n) is 4.64. The van der Waals surface area contributed by atoms with Crippen LogP contribution in [0.2, 0.25) is 0 Å². The van der Waals surface area contributed by atoms with Crippen molar-refractivity contribution >= 4 is 16.7 Å². The van der Waals surface area contributed by atoms with Gasteiger partial charge in [0, 0.05) is 12.6 Å². The Balaban J connectivity index is 1.70. The lowest BCUT2D eigenvalue weighted by Crippen LogP contribution is -2.26. The van der Waals surface area contributed by atoms with Crippen molar-refractivity contribution in [3.63, 3.8) is 0 Å². The SMILES string of the molecule is Cc1ccc(CN(C)C(=O)c2ccc3c4c(cccc24)CC3)o1. The van der Waals surface area contributed by atoms with Gasteiger partial charge >= 0.3 is 0 Å². The van der Waals surface area contributed by atoms with Crippen LogP contribution in [-0.4, -0.2) is 17.9 Å². The molecule has 3 nitrogen and oxygen atoms in total. The number of hydrogen-bond acceptors (Lipinski definition) is 2. The van der Waals surface area contributed by atoms with Crippen LogP contribution in [0.4, 0.5) is 0 Å². The molecule has 1 aliphatic carbocycles. The van der Waals surface area contributed by atoms with Crippen LogP contribution in [0, 0.1) is 6.92 Å². The average molecular weight is 305 g/mol. The second-order valence-corrected chi connectivity index (χ2v) is 6.29. The van der Waals surface area contributed by atoms with Crippen LogP contribution < -0.4 is 0 Å².